The highest BCUT2D eigenvalue weighted by molar-refractivity contribution is 7.10. The van der Waals surface area contributed by atoms with Crippen LogP contribution in [0.1, 0.15) is 15.9 Å². The van der Waals surface area contributed by atoms with Crippen LogP contribution < -0.4 is 5.32 Å². The van der Waals surface area contributed by atoms with Gasteiger partial charge in [-0.25, -0.2) is 4.39 Å². The lowest BCUT2D eigenvalue weighted by molar-refractivity contribution is -0.137. The van der Waals surface area contributed by atoms with E-state index < -0.39 is 34.1 Å². The van der Waals surface area contributed by atoms with E-state index in [1.54, 1.807) is 18.2 Å². The molecule has 0 fully saturated rings. The number of benzene rings is 1. The van der Waals surface area contributed by atoms with Gasteiger partial charge in [-0.2, -0.15) is 22.5 Å². The lowest BCUT2D eigenvalue weighted by atomic mass is 10.1. The highest BCUT2D eigenvalue weighted by atomic mass is 35.5. The molecule has 0 aliphatic rings. The lowest BCUT2D eigenvalue weighted by Crippen LogP contribution is -2.16. The van der Waals surface area contributed by atoms with Gasteiger partial charge in [0.25, 0.3) is 5.91 Å². The molecule has 3 aromatic rings. The number of rotatable bonds is 3. The van der Waals surface area contributed by atoms with Crippen LogP contribution in [0, 0.1) is 5.82 Å². The molecule has 1 N–H and O–H groups in total. The number of halogens is 5. The zero-order valence-corrected chi connectivity index (χ0v) is 14.1. The van der Waals surface area contributed by atoms with Gasteiger partial charge in [-0.15, -0.1) is 0 Å². The molecular formula is C15H7ClF4N4OS. The van der Waals surface area contributed by atoms with Crippen molar-refractivity contribution in [1.29, 1.82) is 0 Å². The maximum Gasteiger partial charge on any atom is 0.416 e. The summed E-state index contributed by atoms with van der Waals surface area (Å²) in [6.45, 7) is 0. The number of nitrogens with zero attached hydrogens (tertiary/aromatic N) is 3. The van der Waals surface area contributed by atoms with E-state index in [4.69, 9.17) is 11.6 Å². The summed E-state index contributed by atoms with van der Waals surface area (Å²) in [5.74, 6) is -2.17. The van der Waals surface area contributed by atoms with Gasteiger partial charge >= 0.3 is 6.18 Å². The summed E-state index contributed by atoms with van der Waals surface area (Å²) < 4.78 is 56.4. The Kier molecular flexibility index (Phi) is 4.88. The molecular weight excluding hydrogens is 396 g/mol. The molecule has 0 radical (unpaired) electrons. The highest BCUT2D eigenvalue weighted by Gasteiger charge is 2.33. The molecule has 0 aliphatic heterocycles. The first kappa shape index (κ1) is 18.2. The maximum absolute atomic E-state index is 14.0. The Morgan fingerprint density at radius 2 is 2.00 bits per heavy atom. The third-order valence-corrected chi connectivity index (χ3v) is 4.05. The quantitative estimate of drug-likeness (QED) is 0.647. The summed E-state index contributed by atoms with van der Waals surface area (Å²) in [4.78, 5) is 20.2. The van der Waals surface area contributed by atoms with Crippen molar-refractivity contribution < 1.29 is 22.4 Å². The predicted octanol–water partition coefficient (Wildman–Crippen LogP) is 4.66. The summed E-state index contributed by atoms with van der Waals surface area (Å²) in [5.41, 5.74) is -1.64. The van der Waals surface area contributed by atoms with Crippen LogP contribution in [0.5, 0.6) is 0 Å². The Hall–Kier alpha value is -2.59. The first-order chi connectivity index (χ1) is 12.3. The topological polar surface area (TPSA) is 67.8 Å². The summed E-state index contributed by atoms with van der Waals surface area (Å²) in [6.07, 6.45) is -3.25. The molecule has 0 aliphatic carbocycles. The average Bonchev–Trinajstić information content (AvgIpc) is 3.05. The number of hydrogen-bond acceptors (Lipinski definition) is 5. The van der Waals surface area contributed by atoms with Gasteiger partial charge in [0.15, 0.2) is 11.6 Å². The van der Waals surface area contributed by atoms with Crippen LogP contribution in [-0.4, -0.2) is 20.2 Å². The molecule has 0 spiro atoms. The smallest absolute Gasteiger partial charge is 0.296 e. The van der Waals surface area contributed by atoms with Gasteiger partial charge in [-0.3, -0.25) is 15.1 Å². The monoisotopic (exact) mass is 402 g/mol. The zero-order chi connectivity index (χ0) is 18.9. The van der Waals surface area contributed by atoms with Gasteiger partial charge < -0.3 is 0 Å². The minimum atomic E-state index is -4.78. The molecule has 11 heteroatoms. The first-order valence-corrected chi connectivity index (χ1v) is 8.03. The van der Waals surface area contributed by atoms with Crippen molar-refractivity contribution in [1.82, 2.24) is 14.3 Å². The molecule has 0 unspecified atom stereocenters. The number of hydrogen-bond donors (Lipinski definition) is 1. The van der Waals surface area contributed by atoms with Crippen molar-refractivity contribution in [2.75, 3.05) is 5.32 Å². The van der Waals surface area contributed by atoms with Gasteiger partial charge in [0, 0.05) is 17.7 Å². The van der Waals surface area contributed by atoms with E-state index in [1.807, 2.05) is 0 Å². The van der Waals surface area contributed by atoms with Crippen molar-refractivity contribution in [2.45, 2.75) is 6.18 Å². The molecule has 0 saturated carbocycles. The van der Waals surface area contributed by atoms with E-state index in [9.17, 15) is 22.4 Å². The number of carbonyl (C=O) groups is 1. The van der Waals surface area contributed by atoms with Gasteiger partial charge in [0.05, 0.1) is 16.1 Å². The molecule has 0 bridgehead atoms. The summed E-state index contributed by atoms with van der Waals surface area (Å²) in [6, 6.07) is 5.84. The number of amides is 1. The largest absolute Gasteiger partial charge is 0.416 e. The van der Waals surface area contributed by atoms with Gasteiger partial charge in [-0.05, 0) is 24.3 Å². The van der Waals surface area contributed by atoms with Crippen LogP contribution in [0.25, 0.3) is 11.5 Å². The van der Waals surface area contributed by atoms with Crippen molar-refractivity contribution in [3.63, 3.8) is 0 Å². The maximum atomic E-state index is 14.0. The van der Waals surface area contributed by atoms with E-state index >= 15 is 0 Å². The molecule has 1 aromatic carbocycles. The SMILES string of the molecule is O=C(Nc1nc(-c2ccccn2)ns1)c1cc(C(F)(F)F)cc(Cl)c1F. The normalized spacial score (nSPS) is 11.4. The average molecular weight is 403 g/mol. The van der Waals surface area contributed by atoms with E-state index in [1.165, 1.54) is 6.20 Å². The number of carbonyl (C=O) groups excluding carboxylic acids is 1. The Morgan fingerprint density at radius 1 is 1.23 bits per heavy atom. The van der Waals surface area contributed by atoms with E-state index in [-0.39, 0.29) is 11.0 Å². The van der Waals surface area contributed by atoms with Crippen LogP contribution in [-0.2, 0) is 6.18 Å². The fourth-order valence-electron chi connectivity index (χ4n) is 1.96. The molecule has 0 saturated heterocycles. The number of pyridine rings is 1. The van der Waals surface area contributed by atoms with E-state index in [0.717, 1.165) is 11.5 Å². The molecule has 2 aromatic heterocycles. The van der Waals surface area contributed by atoms with Crippen molar-refractivity contribution >= 4 is 34.2 Å². The third kappa shape index (κ3) is 3.81. The number of nitrogens with one attached hydrogen (secondary N) is 1. The fraction of sp³-hybridized carbons (Fsp3) is 0.0667. The van der Waals surface area contributed by atoms with Gasteiger partial charge in [-0.1, -0.05) is 17.7 Å². The van der Waals surface area contributed by atoms with Gasteiger partial charge in [0.1, 0.15) is 5.69 Å². The standard InChI is InChI=1S/C15H7ClF4N4OS/c16-9-6-7(15(18,19)20)5-8(11(9)17)13(25)23-14-22-12(24-26-14)10-3-1-2-4-21-10/h1-6H,(H,22,23,24,25). The molecule has 1 amide bonds. The lowest BCUT2D eigenvalue weighted by Gasteiger charge is -2.10. The summed E-state index contributed by atoms with van der Waals surface area (Å²) in [7, 11) is 0. The third-order valence-electron chi connectivity index (χ3n) is 3.14. The van der Waals surface area contributed by atoms with E-state index in [0.29, 0.717) is 17.8 Å². The highest BCUT2D eigenvalue weighted by Crippen LogP contribution is 2.33. The number of alkyl halides is 3. The number of aromatic nitrogens is 3. The Balaban J connectivity index is 1.87. The minimum absolute atomic E-state index is 0.0245. The van der Waals surface area contributed by atoms with Crippen LogP contribution in [0.4, 0.5) is 22.7 Å². The van der Waals surface area contributed by atoms with E-state index in [2.05, 4.69) is 19.7 Å². The minimum Gasteiger partial charge on any atom is -0.296 e. The molecule has 0 atom stereocenters. The Morgan fingerprint density at radius 3 is 2.65 bits per heavy atom. The van der Waals surface area contributed by atoms with Crippen LogP contribution in [0.2, 0.25) is 5.02 Å². The van der Waals surface area contributed by atoms with Crippen LogP contribution in [0.15, 0.2) is 36.5 Å². The first-order valence-electron chi connectivity index (χ1n) is 6.88. The molecule has 3 rings (SSSR count). The molecule has 134 valence electrons. The Bertz CT molecular complexity index is 962. The van der Waals surface area contributed by atoms with Crippen molar-refractivity contribution in [2.24, 2.45) is 0 Å². The van der Waals surface area contributed by atoms with Crippen LogP contribution >= 0.6 is 23.1 Å². The predicted molar refractivity (Wildman–Crippen MR) is 87.5 cm³/mol. The number of anilines is 1. The Labute approximate surface area is 152 Å². The van der Waals surface area contributed by atoms with Crippen LogP contribution in [0.3, 0.4) is 0 Å². The molecule has 2 heterocycles. The van der Waals surface area contributed by atoms with Crippen molar-refractivity contribution in [3.05, 3.63) is 58.5 Å². The zero-order valence-electron chi connectivity index (χ0n) is 12.5. The van der Waals surface area contributed by atoms with Crippen molar-refractivity contribution in [3.8, 4) is 11.5 Å². The van der Waals surface area contributed by atoms with Gasteiger partial charge in [0.2, 0.25) is 5.13 Å². The fourth-order valence-corrected chi connectivity index (χ4v) is 2.75. The second kappa shape index (κ2) is 6.96. The second-order valence-electron chi connectivity index (χ2n) is 4.91. The summed E-state index contributed by atoms with van der Waals surface area (Å²) in [5, 5.41) is 1.37. The summed E-state index contributed by atoms with van der Waals surface area (Å²) >= 11 is 6.24. The molecule has 5 nitrogen and oxygen atoms in total. The molecule has 26 heavy (non-hydrogen) atoms. The second-order valence-corrected chi connectivity index (χ2v) is 6.07.